The Balaban J connectivity index is 2.12. The van der Waals surface area contributed by atoms with Gasteiger partial charge in [0.25, 0.3) is 0 Å². The van der Waals surface area contributed by atoms with Gasteiger partial charge >= 0.3 is 5.97 Å². The quantitative estimate of drug-likeness (QED) is 0.789. The van der Waals surface area contributed by atoms with Crippen LogP contribution in [-0.2, 0) is 4.74 Å². The van der Waals surface area contributed by atoms with Crippen molar-refractivity contribution in [3.63, 3.8) is 0 Å². The number of fused-ring (bicyclic) bond motifs is 1. The lowest BCUT2D eigenvalue weighted by atomic mass is 10.0. The first-order valence-corrected chi connectivity index (χ1v) is 6.73. The number of hydrogen-bond donors (Lipinski definition) is 0. The molecule has 1 aliphatic carbocycles. The molecule has 0 atom stereocenters. The summed E-state index contributed by atoms with van der Waals surface area (Å²) in [5.74, 6) is 0.902. The number of esters is 1. The second-order valence-corrected chi connectivity index (χ2v) is 6.57. The van der Waals surface area contributed by atoms with E-state index in [-0.39, 0.29) is 16.8 Å². The SMILES string of the molecule is COC(=O)c1ccc2nnc(C3C(C)(C)C3(C)C)n2c1. The number of methoxy groups -OCH3 is 1. The Morgan fingerprint density at radius 2 is 1.85 bits per heavy atom. The molecular formula is C15H19N3O2. The molecule has 0 aliphatic heterocycles. The summed E-state index contributed by atoms with van der Waals surface area (Å²) in [7, 11) is 1.38. The minimum atomic E-state index is -0.346. The van der Waals surface area contributed by atoms with Crippen molar-refractivity contribution in [3.05, 3.63) is 29.7 Å². The highest BCUT2D eigenvalue weighted by Gasteiger charge is 2.67. The molecule has 0 N–H and O–H groups in total. The van der Waals surface area contributed by atoms with E-state index in [0.717, 1.165) is 11.5 Å². The average molecular weight is 273 g/mol. The normalized spacial score (nSPS) is 20.1. The molecule has 20 heavy (non-hydrogen) atoms. The molecule has 1 saturated carbocycles. The molecule has 106 valence electrons. The summed E-state index contributed by atoms with van der Waals surface area (Å²) in [5.41, 5.74) is 1.62. The van der Waals surface area contributed by atoms with Crippen LogP contribution >= 0.6 is 0 Å². The molecule has 1 aliphatic rings. The molecule has 2 aromatic heterocycles. The van der Waals surface area contributed by atoms with Crippen LogP contribution in [0.4, 0.5) is 0 Å². The third-order valence-electron chi connectivity index (χ3n) is 5.13. The van der Waals surface area contributed by atoms with E-state index in [4.69, 9.17) is 4.74 Å². The molecule has 0 amide bonds. The van der Waals surface area contributed by atoms with Crippen LogP contribution in [0.5, 0.6) is 0 Å². The van der Waals surface area contributed by atoms with Gasteiger partial charge in [-0.05, 0) is 23.0 Å². The van der Waals surface area contributed by atoms with E-state index < -0.39 is 0 Å². The fraction of sp³-hybridized carbons (Fsp3) is 0.533. The maximum absolute atomic E-state index is 11.7. The van der Waals surface area contributed by atoms with Crippen LogP contribution in [0.15, 0.2) is 18.3 Å². The molecule has 2 aromatic rings. The summed E-state index contributed by atoms with van der Waals surface area (Å²) in [6.45, 7) is 8.96. The maximum Gasteiger partial charge on any atom is 0.339 e. The fourth-order valence-corrected chi connectivity index (χ4v) is 3.19. The second kappa shape index (κ2) is 3.81. The van der Waals surface area contributed by atoms with Crippen molar-refractivity contribution in [2.24, 2.45) is 10.8 Å². The number of rotatable bonds is 2. The van der Waals surface area contributed by atoms with Gasteiger partial charge in [-0.2, -0.15) is 0 Å². The van der Waals surface area contributed by atoms with Crippen LogP contribution in [0.3, 0.4) is 0 Å². The van der Waals surface area contributed by atoms with Crippen molar-refractivity contribution in [3.8, 4) is 0 Å². The number of ether oxygens (including phenoxy) is 1. The average Bonchev–Trinajstić information content (AvgIpc) is 2.73. The monoisotopic (exact) mass is 273 g/mol. The van der Waals surface area contributed by atoms with Crippen LogP contribution in [0, 0.1) is 10.8 Å². The lowest BCUT2D eigenvalue weighted by Gasteiger charge is -2.03. The van der Waals surface area contributed by atoms with Crippen molar-refractivity contribution in [1.82, 2.24) is 14.6 Å². The molecule has 0 radical (unpaired) electrons. The van der Waals surface area contributed by atoms with E-state index >= 15 is 0 Å². The Hall–Kier alpha value is -1.91. The minimum absolute atomic E-state index is 0.178. The zero-order valence-electron chi connectivity index (χ0n) is 12.5. The smallest absolute Gasteiger partial charge is 0.339 e. The van der Waals surface area contributed by atoms with E-state index in [1.54, 1.807) is 18.3 Å². The first kappa shape index (κ1) is 13.1. The third kappa shape index (κ3) is 1.52. The molecule has 0 bridgehead atoms. The standard InChI is InChI=1S/C15H19N3O2/c1-14(2)11(15(14,3)4)12-17-16-10-7-6-9(8-18(10)12)13(19)20-5/h6-8,11H,1-5H3. The molecule has 0 aromatic carbocycles. The number of pyridine rings is 1. The summed E-state index contributed by atoms with van der Waals surface area (Å²) in [4.78, 5) is 11.7. The molecule has 0 saturated heterocycles. The Morgan fingerprint density at radius 1 is 1.20 bits per heavy atom. The molecule has 3 rings (SSSR count). The Kier molecular flexibility index (Phi) is 2.49. The number of carbonyl (C=O) groups is 1. The summed E-state index contributed by atoms with van der Waals surface area (Å²) in [6, 6.07) is 3.51. The summed E-state index contributed by atoms with van der Waals surface area (Å²) >= 11 is 0. The Labute approximate surface area is 118 Å². The highest BCUT2D eigenvalue weighted by molar-refractivity contribution is 5.89. The molecule has 0 unspecified atom stereocenters. The van der Waals surface area contributed by atoms with E-state index in [2.05, 4.69) is 37.9 Å². The zero-order chi connectivity index (χ0) is 14.7. The van der Waals surface area contributed by atoms with Gasteiger partial charge in [0.1, 0.15) is 5.82 Å². The molecule has 5 nitrogen and oxygen atoms in total. The van der Waals surface area contributed by atoms with Crippen molar-refractivity contribution in [2.75, 3.05) is 7.11 Å². The van der Waals surface area contributed by atoms with E-state index in [1.807, 2.05) is 4.40 Å². The van der Waals surface area contributed by atoms with Gasteiger partial charge in [0, 0.05) is 12.1 Å². The van der Waals surface area contributed by atoms with Crippen molar-refractivity contribution in [2.45, 2.75) is 33.6 Å². The second-order valence-electron chi connectivity index (χ2n) is 6.57. The number of carbonyl (C=O) groups excluding carboxylic acids is 1. The van der Waals surface area contributed by atoms with Gasteiger partial charge in [0.2, 0.25) is 0 Å². The van der Waals surface area contributed by atoms with E-state index in [0.29, 0.717) is 11.5 Å². The summed E-state index contributed by atoms with van der Waals surface area (Å²) in [5, 5.41) is 8.53. The topological polar surface area (TPSA) is 56.5 Å². The zero-order valence-corrected chi connectivity index (χ0v) is 12.5. The van der Waals surface area contributed by atoms with Crippen LogP contribution in [0.1, 0.15) is 49.8 Å². The number of hydrogen-bond acceptors (Lipinski definition) is 4. The number of nitrogens with zero attached hydrogens (tertiary/aromatic N) is 3. The van der Waals surface area contributed by atoms with Crippen molar-refractivity contribution >= 4 is 11.6 Å². The highest BCUT2D eigenvalue weighted by Crippen LogP contribution is 2.73. The maximum atomic E-state index is 11.7. The molecule has 0 spiro atoms. The van der Waals surface area contributed by atoms with E-state index in [1.165, 1.54) is 7.11 Å². The summed E-state index contributed by atoms with van der Waals surface area (Å²) in [6.07, 6.45) is 1.76. The predicted octanol–water partition coefficient (Wildman–Crippen LogP) is 2.67. The van der Waals surface area contributed by atoms with Gasteiger partial charge in [-0.1, -0.05) is 27.7 Å². The Bertz CT molecular complexity index is 686. The number of aromatic nitrogens is 3. The highest BCUT2D eigenvalue weighted by atomic mass is 16.5. The third-order valence-corrected chi connectivity index (χ3v) is 5.13. The van der Waals surface area contributed by atoms with Crippen LogP contribution in [-0.4, -0.2) is 27.7 Å². The fourth-order valence-electron chi connectivity index (χ4n) is 3.19. The predicted molar refractivity (Wildman–Crippen MR) is 74.6 cm³/mol. The van der Waals surface area contributed by atoms with Gasteiger partial charge in [0.15, 0.2) is 5.65 Å². The molecule has 2 heterocycles. The van der Waals surface area contributed by atoms with Gasteiger partial charge in [-0.15, -0.1) is 10.2 Å². The summed E-state index contributed by atoms with van der Waals surface area (Å²) < 4.78 is 6.68. The molecule has 1 fully saturated rings. The molecule has 5 heteroatoms. The first-order chi connectivity index (χ1) is 9.30. The molecular weight excluding hydrogens is 254 g/mol. The van der Waals surface area contributed by atoms with E-state index in [9.17, 15) is 4.79 Å². The van der Waals surface area contributed by atoms with Crippen LogP contribution in [0.25, 0.3) is 5.65 Å². The van der Waals surface area contributed by atoms with Crippen LogP contribution < -0.4 is 0 Å². The van der Waals surface area contributed by atoms with Gasteiger partial charge in [-0.25, -0.2) is 4.79 Å². The lowest BCUT2D eigenvalue weighted by molar-refractivity contribution is 0.0600. The van der Waals surface area contributed by atoms with Crippen molar-refractivity contribution < 1.29 is 9.53 Å². The van der Waals surface area contributed by atoms with Gasteiger partial charge < -0.3 is 4.74 Å². The largest absolute Gasteiger partial charge is 0.465 e. The van der Waals surface area contributed by atoms with Crippen LogP contribution in [0.2, 0.25) is 0 Å². The van der Waals surface area contributed by atoms with Crippen molar-refractivity contribution in [1.29, 1.82) is 0 Å². The van der Waals surface area contributed by atoms with Gasteiger partial charge in [-0.3, -0.25) is 4.40 Å². The first-order valence-electron chi connectivity index (χ1n) is 6.73. The lowest BCUT2D eigenvalue weighted by Crippen LogP contribution is -2.04. The minimum Gasteiger partial charge on any atom is -0.465 e. The van der Waals surface area contributed by atoms with Gasteiger partial charge in [0.05, 0.1) is 12.7 Å². The Morgan fingerprint density at radius 3 is 2.40 bits per heavy atom.